The van der Waals surface area contributed by atoms with E-state index in [1.165, 1.54) is 6.07 Å². The molecular weight excluding hydrogens is 390 g/mol. The molecule has 1 aromatic heterocycles. The topological polar surface area (TPSA) is 0 Å². The Hall–Kier alpha value is 0.1000. The molecule has 2 aromatic rings. The second kappa shape index (κ2) is 5.39. The lowest BCUT2D eigenvalue weighted by atomic mass is 10.1. The van der Waals surface area contributed by atoms with Gasteiger partial charge in [0.2, 0.25) is 0 Å². The predicted octanol–water partition coefficient (Wildman–Crippen LogP) is 6.10. The van der Waals surface area contributed by atoms with Crippen LogP contribution in [0.3, 0.4) is 0 Å². The van der Waals surface area contributed by atoms with Crippen LogP contribution in [-0.4, -0.2) is 0 Å². The highest BCUT2D eigenvalue weighted by atomic mass is 79.9. The van der Waals surface area contributed by atoms with Gasteiger partial charge in [0, 0.05) is 14.9 Å². The summed E-state index contributed by atoms with van der Waals surface area (Å²) >= 11 is 14.3. The number of halogens is 4. The first-order valence-corrected chi connectivity index (χ1v) is 7.80. The van der Waals surface area contributed by atoms with Crippen molar-refractivity contribution in [3.8, 4) is 0 Å². The average molecular weight is 399 g/mol. The molecule has 90 valence electrons. The van der Waals surface area contributed by atoms with Crippen molar-refractivity contribution in [3.05, 3.63) is 54.9 Å². The molecule has 0 fully saturated rings. The SMILES string of the molecule is Cc1ccsc1C(Br)c1cc(Cl)c(Br)cc1F. The Balaban J connectivity index is 2.48. The van der Waals surface area contributed by atoms with Gasteiger partial charge >= 0.3 is 0 Å². The summed E-state index contributed by atoms with van der Waals surface area (Å²) in [5.74, 6) is -0.268. The summed E-state index contributed by atoms with van der Waals surface area (Å²) in [4.78, 5) is 0.940. The number of hydrogen-bond donors (Lipinski definition) is 0. The lowest BCUT2D eigenvalue weighted by molar-refractivity contribution is 0.613. The summed E-state index contributed by atoms with van der Waals surface area (Å²) in [6.45, 7) is 2.01. The van der Waals surface area contributed by atoms with Crippen molar-refractivity contribution >= 4 is 54.8 Å². The Morgan fingerprint density at radius 2 is 2.12 bits per heavy atom. The highest BCUT2D eigenvalue weighted by Gasteiger charge is 2.19. The van der Waals surface area contributed by atoms with E-state index < -0.39 is 0 Å². The second-order valence-corrected chi connectivity index (χ2v) is 6.74. The minimum Gasteiger partial charge on any atom is -0.207 e. The van der Waals surface area contributed by atoms with E-state index in [2.05, 4.69) is 31.9 Å². The van der Waals surface area contributed by atoms with Crippen LogP contribution in [0, 0.1) is 12.7 Å². The van der Waals surface area contributed by atoms with Crippen LogP contribution in [0.2, 0.25) is 5.02 Å². The van der Waals surface area contributed by atoms with Crippen molar-refractivity contribution in [2.45, 2.75) is 11.8 Å². The van der Waals surface area contributed by atoms with Crippen LogP contribution in [0.1, 0.15) is 20.8 Å². The van der Waals surface area contributed by atoms with E-state index in [0.29, 0.717) is 15.1 Å². The Labute approximate surface area is 125 Å². The van der Waals surface area contributed by atoms with Crippen LogP contribution in [-0.2, 0) is 0 Å². The number of thiophene rings is 1. The minimum absolute atomic E-state index is 0.159. The molecule has 0 spiro atoms. The summed E-state index contributed by atoms with van der Waals surface area (Å²) in [5.41, 5.74) is 1.71. The molecule has 5 heteroatoms. The molecule has 0 amide bonds. The zero-order valence-electron chi connectivity index (χ0n) is 8.81. The number of hydrogen-bond acceptors (Lipinski definition) is 1. The molecule has 2 rings (SSSR count). The fourth-order valence-corrected chi connectivity index (χ4v) is 3.96. The molecule has 0 aliphatic carbocycles. The van der Waals surface area contributed by atoms with Crippen LogP contribution < -0.4 is 0 Å². The first kappa shape index (κ1) is 13.5. The van der Waals surface area contributed by atoms with Gasteiger partial charge in [-0.15, -0.1) is 11.3 Å². The fraction of sp³-hybridized carbons (Fsp3) is 0.167. The van der Waals surface area contributed by atoms with Crippen molar-refractivity contribution in [2.75, 3.05) is 0 Å². The third-order valence-electron chi connectivity index (χ3n) is 2.44. The van der Waals surface area contributed by atoms with E-state index in [1.807, 2.05) is 18.4 Å². The molecule has 17 heavy (non-hydrogen) atoms. The molecule has 1 heterocycles. The van der Waals surface area contributed by atoms with Gasteiger partial charge in [0.1, 0.15) is 5.82 Å². The van der Waals surface area contributed by atoms with Gasteiger partial charge in [0.25, 0.3) is 0 Å². The van der Waals surface area contributed by atoms with E-state index in [4.69, 9.17) is 11.6 Å². The fourth-order valence-electron chi connectivity index (χ4n) is 1.52. The first-order chi connectivity index (χ1) is 8.00. The van der Waals surface area contributed by atoms with E-state index in [-0.39, 0.29) is 10.6 Å². The van der Waals surface area contributed by atoms with Crippen LogP contribution in [0.5, 0.6) is 0 Å². The van der Waals surface area contributed by atoms with Crippen LogP contribution >= 0.6 is 54.8 Å². The van der Waals surface area contributed by atoms with Crippen LogP contribution in [0.25, 0.3) is 0 Å². The van der Waals surface area contributed by atoms with Crippen LogP contribution in [0.15, 0.2) is 28.1 Å². The summed E-state index contributed by atoms with van der Waals surface area (Å²) in [6.07, 6.45) is 0. The van der Waals surface area contributed by atoms with Gasteiger partial charge in [-0.3, -0.25) is 0 Å². The van der Waals surface area contributed by atoms with E-state index in [9.17, 15) is 4.39 Å². The molecule has 0 aliphatic heterocycles. The Kier molecular flexibility index (Phi) is 4.29. The summed E-state index contributed by atoms with van der Waals surface area (Å²) in [7, 11) is 0. The Bertz CT molecular complexity index is 553. The highest BCUT2D eigenvalue weighted by Crippen LogP contribution is 2.39. The van der Waals surface area contributed by atoms with Gasteiger partial charge in [0.15, 0.2) is 0 Å². The molecule has 1 atom stereocenters. The van der Waals surface area contributed by atoms with Gasteiger partial charge < -0.3 is 0 Å². The van der Waals surface area contributed by atoms with Gasteiger partial charge in [0.05, 0.1) is 9.85 Å². The number of benzene rings is 1. The molecule has 1 unspecified atom stereocenters. The van der Waals surface area contributed by atoms with Gasteiger partial charge in [-0.05, 0) is 52.0 Å². The molecule has 0 bridgehead atoms. The highest BCUT2D eigenvalue weighted by molar-refractivity contribution is 9.10. The quantitative estimate of drug-likeness (QED) is 0.424. The normalized spacial score (nSPS) is 12.8. The third-order valence-corrected chi connectivity index (χ3v) is 5.98. The number of alkyl halides is 1. The molecule has 0 nitrogen and oxygen atoms in total. The molecule has 1 aromatic carbocycles. The molecule has 0 aliphatic rings. The van der Waals surface area contributed by atoms with Gasteiger partial charge in [-0.2, -0.15) is 0 Å². The molecule has 0 N–H and O–H groups in total. The molecular formula is C12H8Br2ClFS. The Morgan fingerprint density at radius 3 is 2.71 bits per heavy atom. The van der Waals surface area contributed by atoms with Gasteiger partial charge in [-0.25, -0.2) is 4.39 Å². The average Bonchev–Trinajstić information content (AvgIpc) is 2.69. The van der Waals surface area contributed by atoms with Crippen molar-refractivity contribution < 1.29 is 4.39 Å². The molecule has 0 radical (unpaired) electrons. The molecule has 0 saturated carbocycles. The van der Waals surface area contributed by atoms with E-state index >= 15 is 0 Å². The summed E-state index contributed by atoms with van der Waals surface area (Å²) in [5, 5.41) is 2.51. The standard InChI is InChI=1S/C12H8Br2ClFS/c1-6-2-3-17-12(6)11(14)7-4-9(15)8(13)5-10(7)16/h2-5,11H,1H3. The number of aryl methyl sites for hydroxylation is 1. The maximum atomic E-state index is 13.9. The third kappa shape index (κ3) is 2.75. The summed E-state index contributed by atoms with van der Waals surface area (Å²) < 4.78 is 14.5. The second-order valence-electron chi connectivity index (χ2n) is 3.62. The zero-order valence-corrected chi connectivity index (χ0v) is 13.6. The smallest absolute Gasteiger partial charge is 0.129 e. The largest absolute Gasteiger partial charge is 0.207 e. The van der Waals surface area contributed by atoms with Crippen molar-refractivity contribution in [2.24, 2.45) is 0 Å². The van der Waals surface area contributed by atoms with Crippen molar-refractivity contribution in [3.63, 3.8) is 0 Å². The lowest BCUT2D eigenvalue weighted by Gasteiger charge is -2.12. The predicted molar refractivity (Wildman–Crippen MR) is 78.9 cm³/mol. The van der Waals surface area contributed by atoms with E-state index in [0.717, 1.165) is 10.4 Å². The van der Waals surface area contributed by atoms with Crippen molar-refractivity contribution in [1.82, 2.24) is 0 Å². The minimum atomic E-state index is -0.268. The lowest BCUT2D eigenvalue weighted by Crippen LogP contribution is -1.96. The molecule has 0 saturated heterocycles. The van der Waals surface area contributed by atoms with Gasteiger partial charge in [-0.1, -0.05) is 27.5 Å². The maximum Gasteiger partial charge on any atom is 0.129 e. The number of rotatable bonds is 2. The Morgan fingerprint density at radius 1 is 1.41 bits per heavy atom. The van der Waals surface area contributed by atoms with Crippen molar-refractivity contribution in [1.29, 1.82) is 0 Å². The van der Waals surface area contributed by atoms with E-state index in [1.54, 1.807) is 17.4 Å². The summed E-state index contributed by atoms with van der Waals surface area (Å²) in [6, 6.07) is 5.07. The first-order valence-electron chi connectivity index (χ1n) is 4.83. The monoisotopic (exact) mass is 396 g/mol. The van der Waals surface area contributed by atoms with Crippen LogP contribution in [0.4, 0.5) is 4.39 Å². The zero-order chi connectivity index (χ0) is 12.6. The maximum absolute atomic E-state index is 13.9.